The van der Waals surface area contributed by atoms with Crippen molar-refractivity contribution in [3.8, 4) is 0 Å². The molecule has 0 atom stereocenters. The number of rotatable bonds is 4. The first-order valence-corrected chi connectivity index (χ1v) is 5.35. The summed E-state index contributed by atoms with van der Waals surface area (Å²) >= 11 is 1.64. The minimum atomic E-state index is 0.552. The third-order valence-electron chi connectivity index (χ3n) is 2.07. The molecule has 0 aliphatic rings. The molecule has 0 aliphatic carbocycles. The highest BCUT2D eigenvalue weighted by molar-refractivity contribution is 7.09. The Balaban J connectivity index is 2.53. The number of hydrogen-bond donors (Lipinski definition) is 1. The normalized spacial score (nSPS) is 11.5. The maximum atomic E-state index is 5.49. The molecule has 1 heterocycles. The number of nitrogens with zero attached hydrogens (tertiary/aromatic N) is 2. The summed E-state index contributed by atoms with van der Waals surface area (Å²) in [6.07, 6.45) is 0. The lowest BCUT2D eigenvalue weighted by Gasteiger charge is -2.19. The van der Waals surface area contributed by atoms with E-state index in [1.807, 2.05) is 0 Å². The lowest BCUT2D eigenvalue weighted by Crippen LogP contribution is -2.25. The molecule has 13 heavy (non-hydrogen) atoms. The Kier molecular flexibility index (Phi) is 3.84. The van der Waals surface area contributed by atoms with Crippen LogP contribution in [0.15, 0.2) is 5.38 Å². The molecule has 0 saturated carbocycles. The van der Waals surface area contributed by atoms with Gasteiger partial charge in [-0.2, -0.15) is 0 Å². The maximum absolute atomic E-state index is 5.49. The standard InChI is InChI=1S/C9H17N3S/c1-7(2)12(3)5-8-6-13-9(4-10)11-8/h6-7H,4-5,10H2,1-3H3. The molecular weight excluding hydrogens is 182 g/mol. The van der Waals surface area contributed by atoms with Gasteiger partial charge in [0.2, 0.25) is 0 Å². The largest absolute Gasteiger partial charge is 0.325 e. The zero-order valence-corrected chi connectivity index (χ0v) is 9.27. The van der Waals surface area contributed by atoms with E-state index in [2.05, 4.69) is 36.2 Å². The van der Waals surface area contributed by atoms with Crippen LogP contribution in [0.25, 0.3) is 0 Å². The highest BCUT2D eigenvalue weighted by Gasteiger charge is 2.06. The van der Waals surface area contributed by atoms with E-state index in [1.54, 1.807) is 11.3 Å². The van der Waals surface area contributed by atoms with Gasteiger partial charge >= 0.3 is 0 Å². The summed E-state index contributed by atoms with van der Waals surface area (Å²) in [7, 11) is 2.10. The van der Waals surface area contributed by atoms with E-state index in [0.717, 1.165) is 17.2 Å². The summed E-state index contributed by atoms with van der Waals surface area (Å²) in [5.74, 6) is 0. The molecule has 1 rings (SSSR count). The van der Waals surface area contributed by atoms with Gasteiger partial charge in [-0.3, -0.25) is 4.90 Å². The van der Waals surface area contributed by atoms with Crippen molar-refractivity contribution in [2.75, 3.05) is 7.05 Å². The molecule has 0 spiro atoms. The van der Waals surface area contributed by atoms with Gasteiger partial charge in [-0.1, -0.05) is 0 Å². The van der Waals surface area contributed by atoms with E-state index in [9.17, 15) is 0 Å². The van der Waals surface area contributed by atoms with Gasteiger partial charge < -0.3 is 5.73 Å². The molecule has 0 radical (unpaired) electrons. The number of hydrogen-bond acceptors (Lipinski definition) is 4. The highest BCUT2D eigenvalue weighted by Crippen LogP contribution is 2.11. The van der Waals surface area contributed by atoms with Crippen molar-refractivity contribution in [2.24, 2.45) is 5.73 Å². The minimum absolute atomic E-state index is 0.552. The van der Waals surface area contributed by atoms with Gasteiger partial charge in [0.25, 0.3) is 0 Å². The van der Waals surface area contributed by atoms with E-state index in [4.69, 9.17) is 5.73 Å². The van der Waals surface area contributed by atoms with Gasteiger partial charge in [-0.25, -0.2) is 4.98 Å². The Bertz CT molecular complexity index is 257. The van der Waals surface area contributed by atoms with Crippen LogP contribution in [0, 0.1) is 0 Å². The van der Waals surface area contributed by atoms with Crippen molar-refractivity contribution in [3.63, 3.8) is 0 Å². The van der Waals surface area contributed by atoms with Gasteiger partial charge in [0.15, 0.2) is 0 Å². The van der Waals surface area contributed by atoms with E-state index in [-0.39, 0.29) is 0 Å². The number of nitrogens with two attached hydrogens (primary N) is 1. The molecular formula is C9H17N3S. The van der Waals surface area contributed by atoms with Crippen molar-refractivity contribution >= 4 is 11.3 Å². The van der Waals surface area contributed by atoms with Crippen LogP contribution in [0.1, 0.15) is 24.5 Å². The third-order valence-corrected chi connectivity index (χ3v) is 2.99. The van der Waals surface area contributed by atoms with Gasteiger partial charge in [0.1, 0.15) is 5.01 Å². The first kappa shape index (κ1) is 10.6. The lowest BCUT2D eigenvalue weighted by molar-refractivity contribution is 0.263. The SMILES string of the molecule is CC(C)N(C)Cc1csc(CN)n1. The second kappa shape index (κ2) is 4.69. The molecule has 74 valence electrons. The smallest absolute Gasteiger partial charge is 0.106 e. The molecule has 0 amide bonds. The lowest BCUT2D eigenvalue weighted by atomic mass is 10.3. The zero-order chi connectivity index (χ0) is 9.84. The molecule has 0 saturated heterocycles. The van der Waals surface area contributed by atoms with Crippen LogP contribution in [0.2, 0.25) is 0 Å². The second-order valence-electron chi connectivity index (χ2n) is 3.45. The molecule has 0 unspecified atom stereocenters. The molecule has 1 aromatic heterocycles. The Morgan fingerprint density at radius 2 is 2.31 bits per heavy atom. The average molecular weight is 199 g/mol. The second-order valence-corrected chi connectivity index (χ2v) is 4.39. The van der Waals surface area contributed by atoms with Gasteiger partial charge in [-0.05, 0) is 20.9 Å². The van der Waals surface area contributed by atoms with Crippen LogP contribution >= 0.6 is 11.3 Å². The number of thiazole rings is 1. The van der Waals surface area contributed by atoms with E-state index in [0.29, 0.717) is 12.6 Å². The minimum Gasteiger partial charge on any atom is -0.325 e. The van der Waals surface area contributed by atoms with Crippen LogP contribution in [0.4, 0.5) is 0 Å². The molecule has 0 aromatic carbocycles. The summed E-state index contributed by atoms with van der Waals surface area (Å²) in [6.45, 7) is 5.82. The summed E-state index contributed by atoms with van der Waals surface area (Å²) in [5, 5.41) is 3.10. The van der Waals surface area contributed by atoms with Crippen molar-refractivity contribution in [1.82, 2.24) is 9.88 Å². The summed E-state index contributed by atoms with van der Waals surface area (Å²) in [6, 6.07) is 0.558. The average Bonchev–Trinajstić information content (AvgIpc) is 2.52. The van der Waals surface area contributed by atoms with Crippen LogP contribution in [0.5, 0.6) is 0 Å². The Morgan fingerprint density at radius 1 is 1.62 bits per heavy atom. The molecule has 1 aromatic rings. The molecule has 2 N–H and O–H groups in total. The fourth-order valence-corrected chi connectivity index (χ4v) is 1.62. The summed E-state index contributed by atoms with van der Waals surface area (Å²) in [5.41, 5.74) is 6.61. The zero-order valence-electron chi connectivity index (χ0n) is 8.45. The van der Waals surface area contributed by atoms with E-state index < -0.39 is 0 Å². The topological polar surface area (TPSA) is 42.1 Å². The van der Waals surface area contributed by atoms with Gasteiger partial charge in [-0.15, -0.1) is 11.3 Å². The molecule has 0 bridgehead atoms. The fourth-order valence-electron chi connectivity index (χ4n) is 0.953. The van der Waals surface area contributed by atoms with E-state index >= 15 is 0 Å². The van der Waals surface area contributed by atoms with Gasteiger partial charge in [0, 0.05) is 24.5 Å². The van der Waals surface area contributed by atoms with Crippen LogP contribution in [-0.4, -0.2) is 23.0 Å². The molecule has 3 nitrogen and oxygen atoms in total. The first-order chi connectivity index (χ1) is 6.13. The van der Waals surface area contributed by atoms with Gasteiger partial charge in [0.05, 0.1) is 5.69 Å². The summed E-state index contributed by atoms with van der Waals surface area (Å²) in [4.78, 5) is 6.66. The monoisotopic (exact) mass is 199 g/mol. The Hall–Kier alpha value is -0.450. The van der Waals surface area contributed by atoms with Crippen molar-refractivity contribution in [2.45, 2.75) is 33.0 Å². The van der Waals surface area contributed by atoms with E-state index in [1.165, 1.54) is 0 Å². The summed E-state index contributed by atoms with van der Waals surface area (Å²) < 4.78 is 0. The first-order valence-electron chi connectivity index (χ1n) is 4.47. The molecule has 0 fully saturated rings. The van der Waals surface area contributed by atoms with Crippen molar-refractivity contribution in [3.05, 3.63) is 16.1 Å². The van der Waals surface area contributed by atoms with Crippen LogP contribution in [-0.2, 0) is 13.1 Å². The van der Waals surface area contributed by atoms with Crippen LogP contribution < -0.4 is 5.73 Å². The number of aromatic nitrogens is 1. The quantitative estimate of drug-likeness (QED) is 0.798. The van der Waals surface area contributed by atoms with Crippen molar-refractivity contribution < 1.29 is 0 Å². The predicted molar refractivity (Wildman–Crippen MR) is 56.6 cm³/mol. The fraction of sp³-hybridized carbons (Fsp3) is 0.667. The maximum Gasteiger partial charge on any atom is 0.106 e. The van der Waals surface area contributed by atoms with Crippen molar-refractivity contribution in [1.29, 1.82) is 0 Å². The Labute approximate surface area is 83.6 Å². The predicted octanol–water partition coefficient (Wildman–Crippen LogP) is 1.44. The van der Waals surface area contributed by atoms with Crippen LogP contribution in [0.3, 0.4) is 0 Å². The highest BCUT2D eigenvalue weighted by atomic mass is 32.1. The third kappa shape index (κ3) is 3.06. The molecule has 0 aliphatic heterocycles. The Morgan fingerprint density at radius 3 is 2.77 bits per heavy atom. The molecule has 4 heteroatoms.